The molecule has 2 unspecified atom stereocenters. The third kappa shape index (κ3) is 2.54. The van der Waals surface area contributed by atoms with Gasteiger partial charge in [-0.15, -0.1) is 11.6 Å². The molecule has 3 nitrogen and oxygen atoms in total. The first-order valence-corrected chi connectivity index (χ1v) is 6.82. The van der Waals surface area contributed by atoms with Gasteiger partial charge >= 0.3 is 0 Å². The Labute approximate surface area is 108 Å². The van der Waals surface area contributed by atoms with E-state index in [1.165, 1.54) is 12.8 Å². The summed E-state index contributed by atoms with van der Waals surface area (Å²) >= 11 is 5.83. The molecule has 2 atom stereocenters. The first-order valence-electron chi connectivity index (χ1n) is 6.28. The van der Waals surface area contributed by atoms with Crippen molar-refractivity contribution in [2.45, 2.75) is 45.5 Å². The van der Waals surface area contributed by atoms with Gasteiger partial charge < -0.3 is 4.90 Å². The number of piperidine rings is 1. The highest BCUT2D eigenvalue weighted by atomic mass is 35.5. The number of anilines is 1. The fourth-order valence-corrected chi connectivity index (χ4v) is 2.63. The fraction of sp³-hybridized carbons (Fsp3) is 0.692. The molecule has 94 valence electrons. The summed E-state index contributed by atoms with van der Waals surface area (Å²) in [5.74, 6) is 2.05. The van der Waals surface area contributed by atoms with E-state index in [-0.39, 0.29) is 0 Å². The van der Waals surface area contributed by atoms with Crippen molar-refractivity contribution in [1.29, 1.82) is 0 Å². The standard InChI is InChI=1S/C13H20ClN3/c1-9-5-4-6-17(11(9)3)13-15-8-12(7-14)10(2)16-13/h8-9,11H,4-7H2,1-3H3. The van der Waals surface area contributed by atoms with Gasteiger partial charge in [-0.1, -0.05) is 6.92 Å². The Morgan fingerprint density at radius 1 is 1.47 bits per heavy atom. The molecule has 0 aromatic carbocycles. The van der Waals surface area contributed by atoms with E-state index in [0.29, 0.717) is 17.8 Å². The normalized spacial score (nSPS) is 25.1. The van der Waals surface area contributed by atoms with Gasteiger partial charge in [0.1, 0.15) is 0 Å². The van der Waals surface area contributed by atoms with Gasteiger partial charge in [-0.25, -0.2) is 9.97 Å². The van der Waals surface area contributed by atoms with Crippen LogP contribution in [0.3, 0.4) is 0 Å². The predicted octanol–water partition coefficient (Wildman–Crippen LogP) is 3.15. The Morgan fingerprint density at radius 2 is 2.24 bits per heavy atom. The fourth-order valence-electron chi connectivity index (χ4n) is 2.37. The molecule has 0 saturated carbocycles. The molecule has 2 rings (SSSR count). The molecule has 0 aliphatic carbocycles. The van der Waals surface area contributed by atoms with Crippen molar-refractivity contribution in [3.05, 3.63) is 17.5 Å². The van der Waals surface area contributed by atoms with Crippen LogP contribution in [0, 0.1) is 12.8 Å². The molecule has 1 fully saturated rings. The smallest absolute Gasteiger partial charge is 0.225 e. The highest BCUT2D eigenvalue weighted by Crippen LogP contribution is 2.26. The molecule has 0 spiro atoms. The van der Waals surface area contributed by atoms with Crippen LogP contribution in [0.1, 0.15) is 37.9 Å². The van der Waals surface area contributed by atoms with E-state index < -0.39 is 0 Å². The molecule has 1 aromatic rings. The lowest BCUT2D eigenvalue weighted by Crippen LogP contribution is -2.43. The number of hydrogen-bond acceptors (Lipinski definition) is 3. The van der Waals surface area contributed by atoms with Crippen LogP contribution >= 0.6 is 11.6 Å². The van der Waals surface area contributed by atoms with Gasteiger partial charge in [-0.2, -0.15) is 0 Å². The number of alkyl halides is 1. The minimum Gasteiger partial charge on any atom is -0.338 e. The van der Waals surface area contributed by atoms with Crippen molar-refractivity contribution in [2.75, 3.05) is 11.4 Å². The highest BCUT2D eigenvalue weighted by molar-refractivity contribution is 6.17. The van der Waals surface area contributed by atoms with Crippen LogP contribution in [0.25, 0.3) is 0 Å². The SMILES string of the molecule is Cc1nc(N2CCCC(C)C2C)ncc1CCl. The van der Waals surface area contributed by atoms with E-state index in [9.17, 15) is 0 Å². The van der Waals surface area contributed by atoms with Crippen LogP contribution in [0.2, 0.25) is 0 Å². The molecule has 0 radical (unpaired) electrons. The Hall–Kier alpha value is -0.830. The number of rotatable bonds is 2. The van der Waals surface area contributed by atoms with Crippen molar-refractivity contribution in [1.82, 2.24) is 9.97 Å². The zero-order valence-electron chi connectivity index (χ0n) is 10.8. The molecule has 0 bridgehead atoms. The Morgan fingerprint density at radius 3 is 2.88 bits per heavy atom. The van der Waals surface area contributed by atoms with Gasteiger partial charge in [0.05, 0.1) is 5.88 Å². The summed E-state index contributed by atoms with van der Waals surface area (Å²) in [6.45, 7) is 7.63. The van der Waals surface area contributed by atoms with Crippen LogP contribution < -0.4 is 4.90 Å². The number of halogens is 1. The summed E-state index contributed by atoms with van der Waals surface area (Å²) in [5.41, 5.74) is 2.02. The molecule has 17 heavy (non-hydrogen) atoms. The summed E-state index contributed by atoms with van der Waals surface area (Å²) in [6, 6.07) is 0.519. The quantitative estimate of drug-likeness (QED) is 0.759. The molecule has 1 aromatic heterocycles. The van der Waals surface area contributed by atoms with Gasteiger partial charge in [-0.3, -0.25) is 0 Å². The van der Waals surface area contributed by atoms with Crippen LogP contribution in [0.15, 0.2) is 6.20 Å². The minimum atomic E-state index is 0.484. The molecule has 1 saturated heterocycles. The summed E-state index contributed by atoms with van der Waals surface area (Å²) in [5, 5.41) is 0. The average molecular weight is 254 g/mol. The Kier molecular flexibility index (Phi) is 3.87. The summed E-state index contributed by atoms with van der Waals surface area (Å²) in [6.07, 6.45) is 4.39. The van der Waals surface area contributed by atoms with Gasteiger partial charge in [0.2, 0.25) is 5.95 Å². The maximum absolute atomic E-state index is 5.83. The van der Waals surface area contributed by atoms with Crippen molar-refractivity contribution < 1.29 is 0 Å². The molecule has 1 aliphatic rings. The van der Waals surface area contributed by atoms with Gasteiger partial charge in [-0.05, 0) is 32.6 Å². The van der Waals surface area contributed by atoms with Crippen LogP contribution in [-0.2, 0) is 5.88 Å². The largest absolute Gasteiger partial charge is 0.338 e. The maximum atomic E-state index is 5.83. The summed E-state index contributed by atoms with van der Waals surface area (Å²) in [4.78, 5) is 11.4. The first-order chi connectivity index (χ1) is 8.13. The Bertz CT molecular complexity index is 394. The topological polar surface area (TPSA) is 29.0 Å². The van der Waals surface area contributed by atoms with Crippen LogP contribution in [0.4, 0.5) is 5.95 Å². The lowest BCUT2D eigenvalue weighted by Gasteiger charge is -2.38. The third-order valence-corrected chi connectivity index (χ3v) is 4.13. The molecule has 0 N–H and O–H groups in total. The third-order valence-electron chi connectivity index (χ3n) is 3.84. The van der Waals surface area contributed by atoms with E-state index >= 15 is 0 Å². The zero-order valence-corrected chi connectivity index (χ0v) is 11.5. The lowest BCUT2D eigenvalue weighted by atomic mass is 9.92. The Balaban J connectivity index is 2.24. The molecule has 4 heteroatoms. The number of hydrogen-bond donors (Lipinski definition) is 0. The molecule has 0 amide bonds. The number of nitrogens with zero attached hydrogens (tertiary/aromatic N) is 3. The molecular formula is C13H20ClN3. The second kappa shape index (κ2) is 5.21. The second-order valence-corrected chi connectivity index (χ2v) is 5.24. The average Bonchev–Trinajstić information content (AvgIpc) is 2.32. The second-order valence-electron chi connectivity index (χ2n) is 4.97. The van der Waals surface area contributed by atoms with E-state index in [1.54, 1.807) is 0 Å². The summed E-state index contributed by atoms with van der Waals surface area (Å²) < 4.78 is 0. The highest BCUT2D eigenvalue weighted by Gasteiger charge is 2.26. The predicted molar refractivity (Wildman–Crippen MR) is 71.5 cm³/mol. The van der Waals surface area contributed by atoms with Crippen LogP contribution in [-0.4, -0.2) is 22.6 Å². The van der Waals surface area contributed by atoms with Gasteiger partial charge in [0.25, 0.3) is 0 Å². The van der Waals surface area contributed by atoms with Gasteiger partial charge in [0.15, 0.2) is 0 Å². The van der Waals surface area contributed by atoms with E-state index in [1.807, 2.05) is 13.1 Å². The van der Waals surface area contributed by atoms with E-state index in [0.717, 1.165) is 23.8 Å². The van der Waals surface area contributed by atoms with Crippen molar-refractivity contribution in [2.24, 2.45) is 5.92 Å². The molecular weight excluding hydrogens is 234 g/mol. The first kappa shape index (κ1) is 12.6. The monoisotopic (exact) mass is 253 g/mol. The lowest BCUT2D eigenvalue weighted by molar-refractivity contribution is 0.359. The molecule has 1 aliphatic heterocycles. The van der Waals surface area contributed by atoms with Crippen molar-refractivity contribution in [3.63, 3.8) is 0 Å². The zero-order chi connectivity index (χ0) is 12.4. The summed E-state index contributed by atoms with van der Waals surface area (Å²) in [7, 11) is 0. The van der Waals surface area contributed by atoms with Crippen molar-refractivity contribution >= 4 is 17.5 Å². The minimum absolute atomic E-state index is 0.484. The van der Waals surface area contributed by atoms with Crippen LogP contribution in [0.5, 0.6) is 0 Å². The molecule has 2 heterocycles. The van der Waals surface area contributed by atoms with E-state index in [4.69, 9.17) is 11.6 Å². The number of aryl methyl sites for hydroxylation is 1. The van der Waals surface area contributed by atoms with E-state index in [2.05, 4.69) is 28.7 Å². The van der Waals surface area contributed by atoms with Crippen molar-refractivity contribution in [3.8, 4) is 0 Å². The van der Waals surface area contributed by atoms with Gasteiger partial charge in [0, 0.05) is 30.0 Å². The number of aromatic nitrogens is 2. The maximum Gasteiger partial charge on any atom is 0.225 e.